The number of nitrogens with one attached hydrogen (secondary N) is 1. The van der Waals surface area contributed by atoms with Crippen LogP contribution in [0.1, 0.15) is 22.7 Å². The number of benzene rings is 2. The Hall–Kier alpha value is -0.870. The molecule has 0 saturated carbocycles. The fourth-order valence-electron chi connectivity index (χ4n) is 2.10. The van der Waals surface area contributed by atoms with Crippen LogP contribution in [0.4, 0.5) is 0 Å². The molecule has 2 aromatic rings. The molecule has 0 heterocycles. The van der Waals surface area contributed by atoms with E-state index >= 15 is 0 Å². The van der Waals surface area contributed by atoms with E-state index in [-0.39, 0.29) is 6.04 Å². The number of nitrogens with two attached hydrogens (primary N) is 1. The van der Waals surface area contributed by atoms with E-state index in [4.69, 9.17) is 17.4 Å². The highest BCUT2D eigenvalue weighted by Gasteiger charge is 2.15. The molecule has 0 spiro atoms. The van der Waals surface area contributed by atoms with Crippen LogP contribution < -0.4 is 11.3 Å². The Morgan fingerprint density at radius 3 is 2.68 bits per heavy atom. The van der Waals surface area contributed by atoms with Gasteiger partial charge in [0.1, 0.15) is 0 Å². The molecule has 0 aliphatic heterocycles. The summed E-state index contributed by atoms with van der Waals surface area (Å²) in [5, 5.41) is 0.722. The minimum atomic E-state index is -0.00824. The lowest BCUT2D eigenvalue weighted by Gasteiger charge is -2.19. The molecule has 0 fully saturated rings. The third-order valence-corrected chi connectivity index (χ3v) is 4.06. The van der Waals surface area contributed by atoms with Crippen LogP contribution in [0.2, 0.25) is 5.02 Å². The SMILES string of the molecule is Cc1ccccc1CC(NN)c1cc(Br)ccc1Cl. The summed E-state index contributed by atoms with van der Waals surface area (Å²) in [6.45, 7) is 2.10. The molecule has 100 valence electrons. The lowest BCUT2D eigenvalue weighted by Crippen LogP contribution is -2.30. The number of hydrogen-bond acceptors (Lipinski definition) is 2. The van der Waals surface area contributed by atoms with Crippen molar-refractivity contribution in [3.05, 3.63) is 68.7 Å². The topological polar surface area (TPSA) is 38.0 Å². The molecule has 3 N–H and O–H groups in total. The quantitative estimate of drug-likeness (QED) is 0.648. The van der Waals surface area contributed by atoms with Crippen LogP contribution in [-0.2, 0) is 6.42 Å². The van der Waals surface area contributed by atoms with Gasteiger partial charge in [-0.1, -0.05) is 51.8 Å². The highest BCUT2D eigenvalue weighted by Crippen LogP contribution is 2.28. The van der Waals surface area contributed by atoms with Gasteiger partial charge >= 0.3 is 0 Å². The first-order chi connectivity index (χ1) is 9.11. The van der Waals surface area contributed by atoms with E-state index in [9.17, 15) is 0 Å². The molecule has 1 unspecified atom stereocenters. The van der Waals surface area contributed by atoms with E-state index in [0.29, 0.717) is 0 Å². The van der Waals surface area contributed by atoms with Gasteiger partial charge < -0.3 is 0 Å². The van der Waals surface area contributed by atoms with Gasteiger partial charge in [0.15, 0.2) is 0 Å². The second-order valence-corrected chi connectivity index (χ2v) is 5.84. The molecule has 1 atom stereocenters. The van der Waals surface area contributed by atoms with Gasteiger partial charge in [-0.25, -0.2) is 0 Å². The predicted octanol–water partition coefficient (Wildman–Crippen LogP) is 4.16. The van der Waals surface area contributed by atoms with E-state index in [2.05, 4.69) is 40.4 Å². The molecule has 2 rings (SSSR count). The van der Waals surface area contributed by atoms with Crippen molar-refractivity contribution < 1.29 is 0 Å². The molecule has 0 amide bonds. The fraction of sp³-hybridized carbons (Fsp3) is 0.200. The molecule has 2 nitrogen and oxygen atoms in total. The van der Waals surface area contributed by atoms with Crippen molar-refractivity contribution in [2.24, 2.45) is 5.84 Å². The summed E-state index contributed by atoms with van der Waals surface area (Å²) in [4.78, 5) is 0. The summed E-state index contributed by atoms with van der Waals surface area (Å²) in [5.74, 6) is 5.70. The van der Waals surface area contributed by atoms with Gasteiger partial charge in [-0.2, -0.15) is 0 Å². The summed E-state index contributed by atoms with van der Waals surface area (Å²) in [7, 11) is 0. The molecular weight excluding hydrogens is 324 g/mol. The molecule has 19 heavy (non-hydrogen) atoms. The van der Waals surface area contributed by atoms with Crippen LogP contribution in [0, 0.1) is 6.92 Å². The highest BCUT2D eigenvalue weighted by atomic mass is 79.9. The van der Waals surface area contributed by atoms with Crippen molar-refractivity contribution in [2.75, 3.05) is 0 Å². The number of aryl methyl sites for hydroxylation is 1. The molecule has 0 bridgehead atoms. The lowest BCUT2D eigenvalue weighted by molar-refractivity contribution is 0.551. The Bertz CT molecular complexity index is 572. The smallest absolute Gasteiger partial charge is 0.0515 e. The predicted molar refractivity (Wildman–Crippen MR) is 84.1 cm³/mol. The first-order valence-corrected chi connectivity index (χ1v) is 7.24. The Balaban J connectivity index is 2.30. The summed E-state index contributed by atoms with van der Waals surface area (Å²) in [6, 6.07) is 14.1. The third kappa shape index (κ3) is 3.57. The standard InChI is InChI=1S/C15H16BrClN2/c1-10-4-2-3-5-11(10)8-15(19-18)13-9-12(16)6-7-14(13)17/h2-7,9,15,19H,8,18H2,1H3. The van der Waals surface area contributed by atoms with Gasteiger partial charge in [0, 0.05) is 9.50 Å². The molecule has 4 heteroatoms. The maximum Gasteiger partial charge on any atom is 0.0515 e. The molecule has 0 aliphatic rings. The summed E-state index contributed by atoms with van der Waals surface area (Å²) < 4.78 is 0.997. The molecule has 0 aliphatic carbocycles. The monoisotopic (exact) mass is 338 g/mol. The van der Waals surface area contributed by atoms with E-state index in [0.717, 1.165) is 21.5 Å². The second kappa shape index (κ2) is 6.53. The van der Waals surface area contributed by atoms with Crippen molar-refractivity contribution >= 4 is 27.5 Å². The van der Waals surface area contributed by atoms with Crippen molar-refractivity contribution in [3.63, 3.8) is 0 Å². The minimum absolute atomic E-state index is 0.00824. The Labute approximate surface area is 127 Å². The van der Waals surface area contributed by atoms with Gasteiger partial charge in [0.2, 0.25) is 0 Å². The van der Waals surface area contributed by atoms with Crippen LogP contribution in [0.5, 0.6) is 0 Å². The maximum absolute atomic E-state index is 6.26. The lowest BCUT2D eigenvalue weighted by atomic mass is 9.96. The van der Waals surface area contributed by atoms with Crippen molar-refractivity contribution in [1.29, 1.82) is 0 Å². The molecule has 0 saturated heterocycles. The van der Waals surface area contributed by atoms with Crippen LogP contribution in [0.25, 0.3) is 0 Å². The van der Waals surface area contributed by atoms with Gasteiger partial charge in [-0.15, -0.1) is 0 Å². The van der Waals surface area contributed by atoms with Crippen molar-refractivity contribution in [1.82, 2.24) is 5.43 Å². The average Bonchev–Trinajstić information content (AvgIpc) is 2.41. The minimum Gasteiger partial charge on any atom is -0.271 e. The van der Waals surface area contributed by atoms with Gasteiger partial charge in [0.05, 0.1) is 6.04 Å². The Morgan fingerprint density at radius 2 is 2.00 bits per heavy atom. The number of hydrazine groups is 1. The van der Waals surface area contributed by atoms with Gasteiger partial charge in [0.25, 0.3) is 0 Å². The molecule has 2 aromatic carbocycles. The van der Waals surface area contributed by atoms with E-state index < -0.39 is 0 Å². The van der Waals surface area contributed by atoms with Crippen molar-refractivity contribution in [2.45, 2.75) is 19.4 Å². The van der Waals surface area contributed by atoms with E-state index in [1.54, 1.807) is 0 Å². The summed E-state index contributed by atoms with van der Waals surface area (Å²) in [6.07, 6.45) is 0.805. The Kier molecular flexibility index (Phi) is 4.99. The molecule has 0 aromatic heterocycles. The molecular formula is C15H16BrClN2. The van der Waals surface area contributed by atoms with E-state index in [1.165, 1.54) is 11.1 Å². The van der Waals surface area contributed by atoms with Gasteiger partial charge in [-0.3, -0.25) is 11.3 Å². The third-order valence-electron chi connectivity index (χ3n) is 3.22. The van der Waals surface area contributed by atoms with Gasteiger partial charge in [-0.05, 0) is 48.2 Å². The first-order valence-electron chi connectivity index (χ1n) is 6.07. The zero-order valence-corrected chi connectivity index (χ0v) is 13.0. The Morgan fingerprint density at radius 1 is 1.26 bits per heavy atom. The first kappa shape index (κ1) is 14.5. The average molecular weight is 340 g/mol. The second-order valence-electron chi connectivity index (χ2n) is 4.52. The largest absolute Gasteiger partial charge is 0.271 e. The van der Waals surface area contributed by atoms with Crippen LogP contribution in [0.15, 0.2) is 46.9 Å². The number of halogens is 2. The van der Waals surface area contributed by atoms with E-state index in [1.807, 2.05) is 30.3 Å². The maximum atomic E-state index is 6.26. The van der Waals surface area contributed by atoms with Crippen LogP contribution in [0.3, 0.4) is 0 Å². The van der Waals surface area contributed by atoms with Crippen molar-refractivity contribution in [3.8, 4) is 0 Å². The molecule has 0 radical (unpaired) electrons. The highest BCUT2D eigenvalue weighted by molar-refractivity contribution is 9.10. The fourth-order valence-corrected chi connectivity index (χ4v) is 2.73. The number of hydrogen-bond donors (Lipinski definition) is 2. The zero-order valence-electron chi connectivity index (χ0n) is 10.7. The van der Waals surface area contributed by atoms with Crippen LogP contribution in [-0.4, -0.2) is 0 Å². The summed E-state index contributed by atoms with van der Waals surface area (Å²) >= 11 is 9.73. The van der Waals surface area contributed by atoms with Crippen LogP contribution >= 0.6 is 27.5 Å². The number of rotatable bonds is 4. The summed E-state index contributed by atoms with van der Waals surface area (Å²) in [5.41, 5.74) is 6.38. The normalized spacial score (nSPS) is 12.4. The zero-order chi connectivity index (χ0) is 13.8.